The summed E-state index contributed by atoms with van der Waals surface area (Å²) in [4.78, 5) is 12.9. The van der Waals surface area contributed by atoms with E-state index in [2.05, 4.69) is 25.8 Å². The first-order valence-corrected chi connectivity index (χ1v) is 6.98. The molecular weight excluding hydrogens is 266 g/mol. The van der Waals surface area contributed by atoms with Crippen molar-refractivity contribution in [3.8, 4) is 6.07 Å². The summed E-state index contributed by atoms with van der Waals surface area (Å²) in [5.41, 5.74) is 2.55. The number of pyridine rings is 1. The molecule has 0 unspecified atom stereocenters. The van der Waals surface area contributed by atoms with Gasteiger partial charge in [0, 0.05) is 44.6 Å². The normalized spacial score (nSPS) is 15.9. The lowest BCUT2D eigenvalue weighted by Crippen LogP contribution is -2.46. The lowest BCUT2D eigenvalue weighted by molar-refractivity contribution is 0.246. The van der Waals surface area contributed by atoms with Crippen LogP contribution >= 0.6 is 0 Å². The molecule has 3 heterocycles. The second-order valence-electron chi connectivity index (χ2n) is 5.13. The second-order valence-corrected chi connectivity index (χ2v) is 5.13. The molecule has 6 nitrogen and oxygen atoms in total. The van der Waals surface area contributed by atoms with E-state index in [4.69, 9.17) is 9.68 Å². The predicted molar refractivity (Wildman–Crippen MR) is 77.7 cm³/mol. The second kappa shape index (κ2) is 5.94. The van der Waals surface area contributed by atoms with Crippen LogP contribution in [0, 0.1) is 18.3 Å². The minimum atomic E-state index is 0.466. The minimum absolute atomic E-state index is 0.466. The number of anilines is 1. The Kier molecular flexibility index (Phi) is 3.84. The average molecular weight is 283 g/mol. The van der Waals surface area contributed by atoms with Crippen LogP contribution in [-0.2, 0) is 6.54 Å². The summed E-state index contributed by atoms with van der Waals surface area (Å²) in [6.07, 6.45) is 3.19. The lowest BCUT2D eigenvalue weighted by atomic mass is 10.2. The number of rotatable bonds is 3. The van der Waals surface area contributed by atoms with E-state index in [0.29, 0.717) is 5.69 Å². The molecule has 0 aromatic carbocycles. The maximum atomic E-state index is 8.92. The Bertz CT molecular complexity index is 652. The Morgan fingerprint density at radius 2 is 2.10 bits per heavy atom. The highest BCUT2D eigenvalue weighted by Gasteiger charge is 2.19. The Morgan fingerprint density at radius 1 is 1.29 bits per heavy atom. The van der Waals surface area contributed by atoms with Crippen LogP contribution in [0.3, 0.4) is 0 Å². The van der Waals surface area contributed by atoms with Gasteiger partial charge in [-0.25, -0.2) is 9.97 Å². The molecule has 3 rings (SSSR count). The molecule has 1 saturated heterocycles. The average Bonchev–Trinajstić information content (AvgIpc) is 2.93. The molecule has 0 N–H and O–H groups in total. The van der Waals surface area contributed by atoms with Crippen molar-refractivity contribution in [2.45, 2.75) is 13.5 Å². The quantitative estimate of drug-likeness (QED) is 0.851. The highest BCUT2D eigenvalue weighted by Crippen LogP contribution is 2.18. The van der Waals surface area contributed by atoms with Crippen LogP contribution in [0.15, 0.2) is 29.1 Å². The van der Waals surface area contributed by atoms with Crippen LogP contribution in [0.5, 0.6) is 0 Å². The lowest BCUT2D eigenvalue weighted by Gasteiger charge is -2.35. The van der Waals surface area contributed by atoms with Crippen molar-refractivity contribution >= 4 is 5.69 Å². The van der Waals surface area contributed by atoms with Crippen LogP contribution in [0.1, 0.15) is 17.1 Å². The molecule has 0 atom stereocenters. The van der Waals surface area contributed by atoms with Crippen LogP contribution in [0.4, 0.5) is 5.69 Å². The van der Waals surface area contributed by atoms with Gasteiger partial charge < -0.3 is 9.32 Å². The van der Waals surface area contributed by atoms with Gasteiger partial charge in [-0.1, -0.05) is 0 Å². The number of piperazine rings is 1. The van der Waals surface area contributed by atoms with E-state index in [1.165, 1.54) is 6.39 Å². The fourth-order valence-corrected chi connectivity index (χ4v) is 2.53. The molecule has 1 aliphatic rings. The monoisotopic (exact) mass is 283 g/mol. The van der Waals surface area contributed by atoms with Gasteiger partial charge in [-0.2, -0.15) is 5.26 Å². The Hall–Kier alpha value is -2.39. The first-order valence-electron chi connectivity index (χ1n) is 6.98. The van der Waals surface area contributed by atoms with Crippen LogP contribution < -0.4 is 4.90 Å². The van der Waals surface area contributed by atoms with E-state index >= 15 is 0 Å². The third kappa shape index (κ3) is 3.03. The van der Waals surface area contributed by atoms with Gasteiger partial charge >= 0.3 is 0 Å². The highest BCUT2D eigenvalue weighted by atomic mass is 16.3. The number of nitriles is 1. The molecule has 2 aromatic rings. The zero-order valence-electron chi connectivity index (χ0n) is 12.0. The molecule has 0 aliphatic carbocycles. The van der Waals surface area contributed by atoms with E-state index in [1.807, 2.05) is 19.1 Å². The largest absolute Gasteiger partial charge is 0.448 e. The van der Waals surface area contributed by atoms with E-state index in [-0.39, 0.29) is 0 Å². The summed E-state index contributed by atoms with van der Waals surface area (Å²) in [6.45, 7) is 6.58. The molecule has 0 spiro atoms. The van der Waals surface area contributed by atoms with Crippen LogP contribution in [0.25, 0.3) is 0 Å². The van der Waals surface area contributed by atoms with Gasteiger partial charge in [0.2, 0.25) is 0 Å². The standard InChI is InChI=1S/C15H17N5O/c1-12-15(18-11-21-12)10-19-4-6-20(7-5-19)14-2-3-17-13(8-14)9-16/h2-3,8,11H,4-7,10H2,1H3. The van der Waals surface area contributed by atoms with Crippen molar-refractivity contribution in [1.29, 1.82) is 5.26 Å². The van der Waals surface area contributed by atoms with Crippen molar-refractivity contribution in [3.63, 3.8) is 0 Å². The topological polar surface area (TPSA) is 69.2 Å². The molecule has 1 fully saturated rings. The minimum Gasteiger partial charge on any atom is -0.448 e. The van der Waals surface area contributed by atoms with Crippen molar-refractivity contribution in [1.82, 2.24) is 14.9 Å². The summed E-state index contributed by atoms with van der Waals surface area (Å²) < 4.78 is 5.24. The van der Waals surface area contributed by atoms with E-state index < -0.39 is 0 Å². The molecule has 108 valence electrons. The third-order valence-corrected chi connectivity index (χ3v) is 3.81. The Morgan fingerprint density at radius 3 is 2.76 bits per heavy atom. The fourth-order valence-electron chi connectivity index (χ4n) is 2.53. The summed E-state index contributed by atoms with van der Waals surface area (Å²) in [6, 6.07) is 5.89. The maximum absolute atomic E-state index is 8.92. The molecule has 2 aromatic heterocycles. The zero-order chi connectivity index (χ0) is 14.7. The number of oxazole rings is 1. The Labute approximate surface area is 123 Å². The van der Waals surface area contributed by atoms with E-state index in [0.717, 1.165) is 49.9 Å². The van der Waals surface area contributed by atoms with Gasteiger partial charge in [-0.15, -0.1) is 0 Å². The fraction of sp³-hybridized carbons (Fsp3) is 0.400. The van der Waals surface area contributed by atoms with Crippen molar-refractivity contribution in [2.75, 3.05) is 31.1 Å². The molecule has 0 amide bonds. The molecule has 0 radical (unpaired) electrons. The van der Waals surface area contributed by atoms with Crippen LogP contribution in [-0.4, -0.2) is 41.0 Å². The summed E-state index contributed by atoms with van der Waals surface area (Å²) in [5, 5.41) is 8.92. The molecule has 21 heavy (non-hydrogen) atoms. The van der Waals surface area contributed by atoms with Crippen LogP contribution in [0.2, 0.25) is 0 Å². The number of hydrogen-bond acceptors (Lipinski definition) is 6. The summed E-state index contributed by atoms with van der Waals surface area (Å²) in [5.74, 6) is 0.894. The summed E-state index contributed by atoms with van der Waals surface area (Å²) >= 11 is 0. The van der Waals surface area contributed by atoms with Crippen molar-refractivity contribution < 1.29 is 4.42 Å². The van der Waals surface area contributed by atoms with Gasteiger partial charge in [0.25, 0.3) is 0 Å². The van der Waals surface area contributed by atoms with Gasteiger partial charge in [0.1, 0.15) is 17.5 Å². The smallest absolute Gasteiger partial charge is 0.181 e. The predicted octanol–water partition coefficient (Wildman–Crippen LogP) is 1.57. The number of aromatic nitrogens is 2. The first-order chi connectivity index (χ1) is 10.3. The van der Waals surface area contributed by atoms with Gasteiger partial charge in [-0.3, -0.25) is 4.90 Å². The Balaban J connectivity index is 1.60. The molecule has 6 heteroatoms. The summed E-state index contributed by atoms with van der Waals surface area (Å²) in [7, 11) is 0. The van der Waals surface area contributed by atoms with Gasteiger partial charge in [0.05, 0.1) is 5.69 Å². The molecule has 0 bridgehead atoms. The first kappa shape index (κ1) is 13.6. The third-order valence-electron chi connectivity index (χ3n) is 3.81. The number of nitrogens with zero attached hydrogens (tertiary/aromatic N) is 5. The van der Waals surface area contributed by atoms with E-state index in [9.17, 15) is 0 Å². The SMILES string of the molecule is Cc1ocnc1CN1CCN(c2ccnc(C#N)c2)CC1. The molecular formula is C15H17N5O. The molecule has 1 aliphatic heterocycles. The van der Waals surface area contributed by atoms with E-state index in [1.54, 1.807) is 6.20 Å². The highest BCUT2D eigenvalue weighted by molar-refractivity contribution is 5.49. The van der Waals surface area contributed by atoms with Crippen molar-refractivity contribution in [3.05, 3.63) is 41.9 Å². The van der Waals surface area contributed by atoms with Gasteiger partial charge in [-0.05, 0) is 19.1 Å². The number of aryl methyl sites for hydroxylation is 1. The van der Waals surface area contributed by atoms with Crippen molar-refractivity contribution in [2.24, 2.45) is 0 Å². The maximum Gasteiger partial charge on any atom is 0.181 e. The molecule has 0 saturated carbocycles. The van der Waals surface area contributed by atoms with Gasteiger partial charge in [0.15, 0.2) is 6.39 Å². The number of hydrogen-bond donors (Lipinski definition) is 0. The zero-order valence-corrected chi connectivity index (χ0v) is 12.0.